The molecule has 1 unspecified atom stereocenters. The van der Waals surface area contributed by atoms with Gasteiger partial charge in [-0.1, -0.05) is 47.5 Å². The second kappa shape index (κ2) is 10.6. The molecule has 1 atom stereocenters. The summed E-state index contributed by atoms with van der Waals surface area (Å²) >= 11 is 6.02. The Labute approximate surface area is 189 Å². The third-order valence-electron chi connectivity index (χ3n) is 4.77. The minimum Gasteiger partial charge on any atom is -0.355 e. The number of nitrogens with zero attached hydrogens (tertiary/aromatic N) is 2. The van der Waals surface area contributed by atoms with E-state index in [1.54, 1.807) is 32.0 Å². The Morgan fingerprint density at radius 2 is 1.77 bits per heavy atom. The predicted octanol–water partition coefficient (Wildman–Crippen LogP) is 2.97. The maximum atomic E-state index is 13.3. The van der Waals surface area contributed by atoms with Crippen LogP contribution in [0, 0.1) is 6.92 Å². The molecule has 0 spiro atoms. The molecule has 0 aliphatic rings. The highest BCUT2D eigenvalue weighted by atomic mass is 35.5. The van der Waals surface area contributed by atoms with Crippen molar-refractivity contribution in [3.8, 4) is 0 Å². The number of halogens is 1. The Balaban J connectivity index is 2.37. The van der Waals surface area contributed by atoms with Gasteiger partial charge in [-0.2, -0.15) is 0 Å². The number of likely N-dealkylation sites (N-methyl/N-ethyl adjacent to an activating group) is 1. The summed E-state index contributed by atoms with van der Waals surface area (Å²) in [6.45, 7) is 5.52. The number of rotatable bonds is 9. The molecule has 0 saturated heterocycles. The van der Waals surface area contributed by atoms with Gasteiger partial charge < -0.3 is 10.2 Å². The lowest BCUT2D eigenvalue weighted by Crippen LogP contribution is -2.51. The van der Waals surface area contributed by atoms with Crippen molar-refractivity contribution in [1.82, 2.24) is 10.2 Å². The Kier molecular flexibility index (Phi) is 8.47. The fourth-order valence-electron chi connectivity index (χ4n) is 3.04. The molecule has 0 fully saturated rings. The lowest BCUT2D eigenvalue weighted by molar-refractivity contribution is -0.139. The van der Waals surface area contributed by atoms with Crippen molar-refractivity contribution in [3.63, 3.8) is 0 Å². The third-order valence-corrected chi connectivity index (χ3v) is 6.14. The van der Waals surface area contributed by atoms with Crippen LogP contribution in [0.4, 0.5) is 5.69 Å². The summed E-state index contributed by atoms with van der Waals surface area (Å²) in [5.41, 5.74) is 2.19. The molecule has 2 aromatic carbocycles. The van der Waals surface area contributed by atoms with Crippen LogP contribution in [0.2, 0.25) is 5.02 Å². The molecule has 0 aromatic heterocycles. The summed E-state index contributed by atoms with van der Waals surface area (Å²) in [6.07, 6.45) is 1.03. The van der Waals surface area contributed by atoms with Crippen LogP contribution >= 0.6 is 11.6 Å². The quantitative estimate of drug-likeness (QED) is 0.616. The van der Waals surface area contributed by atoms with E-state index < -0.39 is 28.5 Å². The lowest BCUT2D eigenvalue weighted by Gasteiger charge is -2.31. The molecule has 2 aromatic rings. The van der Waals surface area contributed by atoms with E-state index in [4.69, 9.17) is 11.6 Å². The number of nitrogens with one attached hydrogen (secondary N) is 1. The SMILES string of the molecule is CCNC(=O)C(C)N(Cc1ccc(C)cc1)C(=O)CN(c1cccc(Cl)c1)S(C)(=O)=O. The first-order valence-corrected chi connectivity index (χ1v) is 12.1. The molecule has 1 N–H and O–H groups in total. The van der Waals surface area contributed by atoms with Crippen LogP contribution in [0.5, 0.6) is 0 Å². The van der Waals surface area contributed by atoms with Crippen LogP contribution in [0.1, 0.15) is 25.0 Å². The van der Waals surface area contributed by atoms with Crippen molar-refractivity contribution in [2.24, 2.45) is 0 Å². The van der Waals surface area contributed by atoms with Gasteiger partial charge in [-0.15, -0.1) is 0 Å². The Bertz CT molecular complexity index is 1030. The van der Waals surface area contributed by atoms with Gasteiger partial charge in [-0.25, -0.2) is 8.42 Å². The van der Waals surface area contributed by atoms with E-state index in [0.717, 1.165) is 21.7 Å². The van der Waals surface area contributed by atoms with Crippen molar-refractivity contribution in [2.45, 2.75) is 33.4 Å². The van der Waals surface area contributed by atoms with Crippen LogP contribution in [0.3, 0.4) is 0 Å². The molecule has 0 radical (unpaired) electrons. The van der Waals surface area contributed by atoms with E-state index in [0.29, 0.717) is 11.6 Å². The second-order valence-corrected chi connectivity index (χ2v) is 9.67. The minimum absolute atomic E-state index is 0.171. The Hall–Kier alpha value is -2.58. The van der Waals surface area contributed by atoms with Crippen LogP contribution in [-0.4, -0.2) is 50.5 Å². The van der Waals surface area contributed by atoms with Gasteiger partial charge in [0.1, 0.15) is 12.6 Å². The van der Waals surface area contributed by atoms with E-state index >= 15 is 0 Å². The first-order valence-electron chi connectivity index (χ1n) is 9.89. The molecular formula is C22H28ClN3O4S. The number of aryl methyl sites for hydroxylation is 1. The highest BCUT2D eigenvalue weighted by Gasteiger charge is 2.29. The van der Waals surface area contributed by atoms with Gasteiger partial charge >= 0.3 is 0 Å². The van der Waals surface area contributed by atoms with Gasteiger partial charge in [-0.3, -0.25) is 13.9 Å². The zero-order valence-electron chi connectivity index (χ0n) is 18.1. The molecule has 2 rings (SSSR count). The molecule has 0 bridgehead atoms. The van der Waals surface area contributed by atoms with Crippen molar-refractivity contribution >= 4 is 39.1 Å². The Morgan fingerprint density at radius 1 is 1.13 bits per heavy atom. The number of hydrogen-bond acceptors (Lipinski definition) is 4. The standard InChI is InChI=1S/C22H28ClN3O4S/c1-5-24-22(28)17(3)25(14-18-11-9-16(2)10-12-18)21(27)15-26(31(4,29)30)20-8-6-7-19(23)13-20/h6-13,17H,5,14-15H2,1-4H3,(H,24,28). The average Bonchev–Trinajstić information content (AvgIpc) is 2.70. The van der Waals surface area contributed by atoms with Crippen LogP contribution < -0.4 is 9.62 Å². The molecule has 9 heteroatoms. The maximum absolute atomic E-state index is 13.3. The number of anilines is 1. The van der Waals surface area contributed by atoms with Gasteiger partial charge in [0.05, 0.1) is 11.9 Å². The van der Waals surface area contributed by atoms with Crippen molar-refractivity contribution in [2.75, 3.05) is 23.7 Å². The molecule has 7 nitrogen and oxygen atoms in total. The van der Waals surface area contributed by atoms with E-state index in [1.165, 1.54) is 11.0 Å². The highest BCUT2D eigenvalue weighted by Crippen LogP contribution is 2.22. The lowest BCUT2D eigenvalue weighted by atomic mass is 10.1. The van der Waals surface area contributed by atoms with Gasteiger partial charge in [0.15, 0.2) is 0 Å². The molecule has 0 heterocycles. The van der Waals surface area contributed by atoms with E-state index in [9.17, 15) is 18.0 Å². The summed E-state index contributed by atoms with van der Waals surface area (Å²) in [5, 5.41) is 3.07. The average molecular weight is 466 g/mol. The zero-order valence-corrected chi connectivity index (χ0v) is 19.7. The summed E-state index contributed by atoms with van der Waals surface area (Å²) in [4.78, 5) is 27.2. The monoisotopic (exact) mass is 465 g/mol. The van der Waals surface area contributed by atoms with Crippen molar-refractivity contribution in [3.05, 3.63) is 64.7 Å². The van der Waals surface area contributed by atoms with E-state index in [-0.39, 0.29) is 18.1 Å². The largest absolute Gasteiger partial charge is 0.355 e. The van der Waals surface area contributed by atoms with Gasteiger partial charge in [-0.05, 0) is 44.5 Å². The zero-order chi connectivity index (χ0) is 23.2. The van der Waals surface area contributed by atoms with Crippen LogP contribution in [0.15, 0.2) is 48.5 Å². The molecule has 31 heavy (non-hydrogen) atoms. The number of carbonyl (C=O) groups excluding carboxylic acids is 2. The number of amides is 2. The first kappa shape index (κ1) is 24.7. The van der Waals surface area contributed by atoms with Gasteiger partial charge in [0, 0.05) is 18.1 Å². The maximum Gasteiger partial charge on any atom is 0.244 e. The van der Waals surface area contributed by atoms with Crippen LogP contribution in [0.25, 0.3) is 0 Å². The molecular weight excluding hydrogens is 438 g/mol. The molecule has 0 aliphatic heterocycles. The number of carbonyl (C=O) groups is 2. The molecule has 0 saturated carbocycles. The van der Waals surface area contributed by atoms with Gasteiger partial charge in [0.25, 0.3) is 0 Å². The second-order valence-electron chi connectivity index (χ2n) is 7.33. The fraction of sp³-hybridized carbons (Fsp3) is 0.364. The van der Waals surface area contributed by atoms with Crippen molar-refractivity contribution in [1.29, 1.82) is 0 Å². The number of benzene rings is 2. The number of hydrogen-bond donors (Lipinski definition) is 1. The van der Waals surface area contributed by atoms with Gasteiger partial charge in [0.2, 0.25) is 21.8 Å². The summed E-state index contributed by atoms with van der Waals surface area (Å²) in [6, 6.07) is 13.1. The van der Waals surface area contributed by atoms with E-state index in [2.05, 4.69) is 5.32 Å². The number of sulfonamides is 1. The minimum atomic E-state index is -3.77. The third kappa shape index (κ3) is 6.97. The first-order chi connectivity index (χ1) is 14.5. The summed E-state index contributed by atoms with van der Waals surface area (Å²) in [5.74, 6) is -0.804. The smallest absolute Gasteiger partial charge is 0.244 e. The molecule has 2 amide bonds. The molecule has 168 valence electrons. The normalized spacial score (nSPS) is 12.2. The summed E-state index contributed by atoms with van der Waals surface area (Å²) < 4.78 is 25.9. The van der Waals surface area contributed by atoms with E-state index in [1.807, 2.05) is 31.2 Å². The van der Waals surface area contributed by atoms with Crippen LogP contribution in [-0.2, 0) is 26.2 Å². The van der Waals surface area contributed by atoms with Crippen molar-refractivity contribution < 1.29 is 18.0 Å². The molecule has 0 aliphatic carbocycles. The summed E-state index contributed by atoms with van der Waals surface area (Å²) in [7, 11) is -3.77. The Morgan fingerprint density at radius 3 is 2.32 bits per heavy atom. The predicted molar refractivity (Wildman–Crippen MR) is 124 cm³/mol. The fourth-order valence-corrected chi connectivity index (χ4v) is 4.07. The topological polar surface area (TPSA) is 86.8 Å². The highest BCUT2D eigenvalue weighted by molar-refractivity contribution is 7.92.